The zero-order valence-corrected chi connectivity index (χ0v) is 15.6. The van der Waals surface area contributed by atoms with Crippen LogP contribution in [0.15, 0.2) is 42.5 Å². The lowest BCUT2D eigenvalue weighted by atomic mass is 10.0. The fourth-order valence-corrected chi connectivity index (χ4v) is 3.57. The highest BCUT2D eigenvalue weighted by Crippen LogP contribution is 2.31. The SMILES string of the molecule is CC(C)N1CCC(N(C)c2ccc([N+](=O)[O-])c(-c3ccccc3)n2)CC1. The molecule has 0 radical (unpaired) electrons. The fraction of sp³-hybridized carbons (Fsp3) is 0.450. The predicted octanol–water partition coefficient (Wildman–Crippen LogP) is 3.97. The monoisotopic (exact) mass is 354 g/mol. The molecule has 0 unspecified atom stereocenters. The number of hydrogen-bond donors (Lipinski definition) is 0. The maximum atomic E-state index is 11.4. The summed E-state index contributed by atoms with van der Waals surface area (Å²) in [5, 5.41) is 11.4. The van der Waals surface area contributed by atoms with Crippen molar-refractivity contribution >= 4 is 11.5 Å². The molecule has 6 nitrogen and oxygen atoms in total. The van der Waals surface area contributed by atoms with Gasteiger partial charge in [0.15, 0.2) is 5.69 Å². The Labute approximate surface area is 154 Å². The zero-order valence-electron chi connectivity index (χ0n) is 15.6. The fourth-order valence-electron chi connectivity index (χ4n) is 3.57. The molecule has 0 saturated carbocycles. The van der Waals surface area contributed by atoms with Crippen LogP contribution in [0.2, 0.25) is 0 Å². The van der Waals surface area contributed by atoms with E-state index >= 15 is 0 Å². The van der Waals surface area contributed by atoms with Gasteiger partial charge in [0.25, 0.3) is 5.69 Å². The Morgan fingerprint density at radius 2 is 1.81 bits per heavy atom. The minimum atomic E-state index is -0.361. The Morgan fingerprint density at radius 3 is 2.38 bits per heavy atom. The number of piperidine rings is 1. The number of nitro groups is 1. The molecule has 2 heterocycles. The molecule has 138 valence electrons. The van der Waals surface area contributed by atoms with Gasteiger partial charge in [-0.25, -0.2) is 4.98 Å². The van der Waals surface area contributed by atoms with Crippen molar-refractivity contribution in [3.05, 3.63) is 52.6 Å². The largest absolute Gasteiger partial charge is 0.357 e. The summed E-state index contributed by atoms with van der Waals surface area (Å²) in [5.41, 5.74) is 1.24. The van der Waals surface area contributed by atoms with E-state index in [2.05, 4.69) is 28.6 Å². The molecule has 26 heavy (non-hydrogen) atoms. The highest BCUT2D eigenvalue weighted by Gasteiger charge is 2.26. The summed E-state index contributed by atoms with van der Waals surface area (Å²) in [6, 6.07) is 13.7. The first kappa shape index (κ1) is 18.3. The molecule has 1 fully saturated rings. The van der Waals surface area contributed by atoms with Gasteiger partial charge in [-0.2, -0.15) is 0 Å². The molecular formula is C20H26N4O2. The minimum absolute atomic E-state index is 0.0444. The van der Waals surface area contributed by atoms with Crippen LogP contribution >= 0.6 is 0 Å². The van der Waals surface area contributed by atoms with Gasteiger partial charge in [-0.15, -0.1) is 0 Å². The lowest BCUT2D eigenvalue weighted by molar-refractivity contribution is -0.384. The highest BCUT2D eigenvalue weighted by molar-refractivity contribution is 5.71. The molecule has 0 aliphatic carbocycles. The number of likely N-dealkylation sites (tertiary alicyclic amines) is 1. The van der Waals surface area contributed by atoms with E-state index in [0.29, 0.717) is 17.8 Å². The first-order valence-corrected chi connectivity index (χ1v) is 9.15. The van der Waals surface area contributed by atoms with Crippen LogP contribution in [0.5, 0.6) is 0 Å². The van der Waals surface area contributed by atoms with Gasteiger partial charge in [-0.1, -0.05) is 30.3 Å². The third-order valence-corrected chi connectivity index (χ3v) is 5.24. The topological polar surface area (TPSA) is 62.5 Å². The summed E-state index contributed by atoms with van der Waals surface area (Å²) in [6.45, 7) is 6.61. The minimum Gasteiger partial charge on any atom is -0.357 e. The lowest BCUT2D eigenvalue weighted by Gasteiger charge is -2.39. The number of pyridine rings is 1. The standard InChI is InChI=1S/C20H26N4O2/c1-15(2)23-13-11-17(12-14-23)22(3)19-10-9-18(24(25)26)20(21-19)16-7-5-4-6-8-16/h4-10,15,17H,11-14H2,1-3H3. The molecule has 2 aromatic rings. The number of benzene rings is 1. The third-order valence-electron chi connectivity index (χ3n) is 5.24. The van der Waals surface area contributed by atoms with Crippen molar-refractivity contribution in [3.63, 3.8) is 0 Å². The summed E-state index contributed by atoms with van der Waals surface area (Å²) in [6.07, 6.45) is 2.15. The van der Waals surface area contributed by atoms with Crippen LogP contribution in [0, 0.1) is 10.1 Å². The van der Waals surface area contributed by atoms with Crippen molar-refractivity contribution in [1.82, 2.24) is 9.88 Å². The van der Waals surface area contributed by atoms with E-state index in [0.717, 1.165) is 37.3 Å². The second kappa shape index (κ2) is 7.83. The van der Waals surface area contributed by atoms with Crippen molar-refractivity contribution in [2.45, 2.75) is 38.8 Å². The van der Waals surface area contributed by atoms with Crippen LogP contribution in [0.4, 0.5) is 11.5 Å². The maximum absolute atomic E-state index is 11.4. The molecule has 1 aromatic heterocycles. The van der Waals surface area contributed by atoms with Gasteiger partial charge in [0.2, 0.25) is 0 Å². The first-order valence-electron chi connectivity index (χ1n) is 9.15. The van der Waals surface area contributed by atoms with Crippen LogP contribution in [0.1, 0.15) is 26.7 Å². The predicted molar refractivity (Wildman–Crippen MR) is 104 cm³/mol. The second-order valence-electron chi connectivity index (χ2n) is 7.13. The van der Waals surface area contributed by atoms with Gasteiger partial charge >= 0.3 is 0 Å². The molecule has 0 N–H and O–H groups in total. The molecular weight excluding hydrogens is 328 g/mol. The van der Waals surface area contributed by atoms with Crippen LogP contribution in [-0.2, 0) is 0 Å². The Bertz CT molecular complexity index is 756. The van der Waals surface area contributed by atoms with Gasteiger partial charge in [0.05, 0.1) is 4.92 Å². The maximum Gasteiger partial charge on any atom is 0.295 e. The summed E-state index contributed by atoms with van der Waals surface area (Å²) >= 11 is 0. The van der Waals surface area contributed by atoms with Gasteiger partial charge in [-0.3, -0.25) is 10.1 Å². The number of aromatic nitrogens is 1. The Balaban J connectivity index is 1.86. The van der Waals surface area contributed by atoms with Gasteiger partial charge in [0, 0.05) is 43.9 Å². The second-order valence-corrected chi connectivity index (χ2v) is 7.13. The van der Waals surface area contributed by atoms with Crippen LogP contribution in [0.25, 0.3) is 11.3 Å². The molecule has 6 heteroatoms. The van der Waals surface area contributed by atoms with E-state index in [4.69, 9.17) is 0 Å². The average Bonchev–Trinajstić information content (AvgIpc) is 2.67. The van der Waals surface area contributed by atoms with E-state index in [-0.39, 0.29) is 10.6 Å². The molecule has 1 aliphatic rings. The van der Waals surface area contributed by atoms with Crippen molar-refractivity contribution in [1.29, 1.82) is 0 Å². The van der Waals surface area contributed by atoms with E-state index in [1.165, 1.54) is 0 Å². The number of hydrogen-bond acceptors (Lipinski definition) is 5. The summed E-state index contributed by atoms with van der Waals surface area (Å²) in [5.74, 6) is 0.789. The van der Waals surface area contributed by atoms with E-state index in [1.807, 2.05) is 37.4 Å². The van der Waals surface area contributed by atoms with Crippen molar-refractivity contribution < 1.29 is 4.92 Å². The molecule has 3 rings (SSSR count). The van der Waals surface area contributed by atoms with Crippen molar-refractivity contribution in [2.75, 3.05) is 25.0 Å². The zero-order chi connectivity index (χ0) is 18.7. The summed E-state index contributed by atoms with van der Waals surface area (Å²) in [7, 11) is 2.04. The molecule has 0 amide bonds. The number of rotatable bonds is 5. The first-order chi connectivity index (χ1) is 12.5. The van der Waals surface area contributed by atoms with E-state index in [1.54, 1.807) is 12.1 Å². The van der Waals surface area contributed by atoms with Gasteiger partial charge in [-0.05, 0) is 32.8 Å². The summed E-state index contributed by atoms with van der Waals surface area (Å²) in [4.78, 5) is 20.4. The highest BCUT2D eigenvalue weighted by atomic mass is 16.6. The Kier molecular flexibility index (Phi) is 5.52. The van der Waals surface area contributed by atoms with Crippen LogP contribution in [0.3, 0.4) is 0 Å². The third kappa shape index (κ3) is 3.85. The number of anilines is 1. The normalized spacial score (nSPS) is 16.0. The van der Waals surface area contributed by atoms with Crippen LogP contribution in [-0.4, -0.2) is 47.0 Å². The molecule has 0 atom stereocenters. The average molecular weight is 354 g/mol. The molecule has 1 saturated heterocycles. The summed E-state index contributed by atoms with van der Waals surface area (Å²) < 4.78 is 0. The van der Waals surface area contributed by atoms with Crippen LogP contribution < -0.4 is 4.90 Å². The van der Waals surface area contributed by atoms with Crippen molar-refractivity contribution in [3.8, 4) is 11.3 Å². The molecule has 0 spiro atoms. The van der Waals surface area contributed by atoms with Gasteiger partial charge in [0.1, 0.15) is 5.82 Å². The Hall–Kier alpha value is -2.47. The van der Waals surface area contributed by atoms with E-state index in [9.17, 15) is 10.1 Å². The quantitative estimate of drug-likeness (QED) is 0.601. The van der Waals surface area contributed by atoms with Gasteiger partial charge < -0.3 is 9.80 Å². The van der Waals surface area contributed by atoms with E-state index < -0.39 is 0 Å². The number of nitrogens with zero attached hydrogens (tertiary/aromatic N) is 4. The Morgan fingerprint density at radius 1 is 1.15 bits per heavy atom. The van der Waals surface area contributed by atoms with Crippen molar-refractivity contribution in [2.24, 2.45) is 0 Å². The molecule has 1 aliphatic heterocycles. The smallest absolute Gasteiger partial charge is 0.295 e. The lowest BCUT2D eigenvalue weighted by Crippen LogP contribution is -2.46. The molecule has 0 bridgehead atoms. The molecule has 1 aromatic carbocycles.